The highest BCUT2D eigenvalue weighted by Crippen LogP contribution is 2.17. The van der Waals surface area contributed by atoms with Gasteiger partial charge in [0, 0.05) is 13.0 Å². The van der Waals surface area contributed by atoms with E-state index in [0.29, 0.717) is 6.42 Å². The number of aliphatic carboxylic acids is 2. The average molecular weight is 606 g/mol. The number of benzene rings is 1. The summed E-state index contributed by atoms with van der Waals surface area (Å²) in [4.78, 5) is 78.5. The fraction of sp³-hybridized carbons (Fsp3) is 0.536. The number of carbonyl (C=O) groups is 6. The van der Waals surface area contributed by atoms with Crippen LogP contribution in [0.5, 0.6) is 0 Å². The SMILES string of the molecule is CC(C)[C@H](NC(=O)[C@H](CC(=O)O)NC(=O)[C@H](C)NC(=O)[C@@H](N)CCCN=C(N)N)C(=O)C[C@H](Cc1ccccc1)C(=O)O. The van der Waals surface area contributed by atoms with Crippen LogP contribution in [-0.2, 0) is 35.2 Å². The number of amides is 3. The molecule has 0 aliphatic carbocycles. The largest absolute Gasteiger partial charge is 0.481 e. The van der Waals surface area contributed by atoms with Crippen LogP contribution in [0.3, 0.4) is 0 Å². The number of carbonyl (C=O) groups excluding carboxylic acids is 4. The summed E-state index contributed by atoms with van der Waals surface area (Å²) in [6, 6.07) is 3.88. The molecular weight excluding hydrogens is 562 g/mol. The maximum absolute atomic E-state index is 13.2. The van der Waals surface area contributed by atoms with Gasteiger partial charge in [-0.15, -0.1) is 0 Å². The van der Waals surface area contributed by atoms with Crippen molar-refractivity contribution in [1.29, 1.82) is 0 Å². The second-order valence-electron chi connectivity index (χ2n) is 10.6. The zero-order valence-electron chi connectivity index (χ0n) is 24.6. The quantitative estimate of drug-likeness (QED) is 0.0531. The van der Waals surface area contributed by atoms with E-state index in [2.05, 4.69) is 20.9 Å². The molecule has 3 amide bonds. The minimum absolute atomic E-state index is 0.0973. The Balaban J connectivity index is 2.88. The van der Waals surface area contributed by atoms with Crippen molar-refractivity contribution < 1.29 is 39.0 Å². The number of ketones is 1. The van der Waals surface area contributed by atoms with Crippen molar-refractivity contribution in [3.63, 3.8) is 0 Å². The number of carboxylic acids is 2. The maximum atomic E-state index is 13.2. The Bertz CT molecular complexity index is 1160. The lowest BCUT2D eigenvalue weighted by molar-refractivity contribution is -0.144. The molecule has 0 aliphatic rings. The molecule has 0 heterocycles. The standard InChI is InChI=1S/C28H43N7O8/c1-15(2)23(21(36)13-18(27(42)43)12-17-8-5-4-6-9-17)35-26(41)20(14-22(37)38)34-24(39)16(3)33-25(40)19(29)10-7-11-32-28(30)31/h4-6,8-9,15-16,18-20,23H,7,10-14,29H2,1-3H3,(H,33,40)(H,34,39)(H,35,41)(H,37,38)(H,42,43)(H4,30,31,32)/t16-,18-,19-,20-,23-/m0/s1. The van der Waals surface area contributed by atoms with Gasteiger partial charge in [0.25, 0.3) is 0 Å². The van der Waals surface area contributed by atoms with Crippen LogP contribution in [0.25, 0.3) is 0 Å². The molecule has 0 saturated carbocycles. The van der Waals surface area contributed by atoms with Gasteiger partial charge in [-0.3, -0.25) is 33.8 Å². The van der Waals surface area contributed by atoms with Gasteiger partial charge in [0.1, 0.15) is 12.1 Å². The van der Waals surface area contributed by atoms with Crippen LogP contribution >= 0.6 is 0 Å². The number of carboxylic acid groups (broad SMARTS) is 2. The molecule has 15 nitrogen and oxygen atoms in total. The molecule has 0 aromatic heterocycles. The monoisotopic (exact) mass is 605 g/mol. The summed E-state index contributed by atoms with van der Waals surface area (Å²) < 4.78 is 0. The highest BCUT2D eigenvalue weighted by molar-refractivity contribution is 5.97. The van der Waals surface area contributed by atoms with E-state index >= 15 is 0 Å². The van der Waals surface area contributed by atoms with Crippen LogP contribution in [0.1, 0.15) is 52.0 Å². The lowest BCUT2D eigenvalue weighted by Crippen LogP contribution is -2.57. The van der Waals surface area contributed by atoms with Crippen molar-refractivity contribution in [2.45, 2.75) is 77.0 Å². The van der Waals surface area contributed by atoms with E-state index in [4.69, 9.17) is 17.2 Å². The van der Waals surface area contributed by atoms with Crippen LogP contribution in [0, 0.1) is 11.8 Å². The number of guanidine groups is 1. The first-order valence-electron chi connectivity index (χ1n) is 13.9. The Morgan fingerprint density at radius 3 is 2.02 bits per heavy atom. The number of Topliss-reactive ketones (excluding diaryl/α,β-unsaturated/α-hetero) is 1. The second-order valence-corrected chi connectivity index (χ2v) is 10.6. The third kappa shape index (κ3) is 13.8. The minimum Gasteiger partial charge on any atom is -0.481 e. The third-order valence-corrected chi connectivity index (χ3v) is 6.50. The summed E-state index contributed by atoms with van der Waals surface area (Å²) in [6.07, 6.45) is -0.462. The third-order valence-electron chi connectivity index (χ3n) is 6.50. The zero-order chi connectivity index (χ0) is 32.7. The van der Waals surface area contributed by atoms with E-state index in [9.17, 15) is 39.0 Å². The number of hydrogen-bond acceptors (Lipinski definition) is 8. The van der Waals surface area contributed by atoms with Crippen molar-refractivity contribution in [3.05, 3.63) is 35.9 Å². The number of nitrogens with two attached hydrogens (primary N) is 3. The predicted molar refractivity (Wildman–Crippen MR) is 157 cm³/mol. The molecule has 0 unspecified atom stereocenters. The summed E-state index contributed by atoms with van der Waals surface area (Å²) in [5, 5.41) is 26.2. The Kier molecular flexibility index (Phi) is 15.4. The topological polar surface area (TPSA) is 269 Å². The van der Waals surface area contributed by atoms with Crippen LogP contribution in [0.15, 0.2) is 35.3 Å². The van der Waals surface area contributed by atoms with E-state index in [1.807, 2.05) is 0 Å². The van der Waals surface area contributed by atoms with Crippen LogP contribution < -0.4 is 33.2 Å². The van der Waals surface area contributed by atoms with Crippen LogP contribution in [0.2, 0.25) is 0 Å². The Hall–Kier alpha value is -4.53. The fourth-order valence-electron chi connectivity index (χ4n) is 4.11. The summed E-state index contributed by atoms with van der Waals surface area (Å²) in [7, 11) is 0. The number of hydrogen-bond donors (Lipinski definition) is 8. The second kappa shape index (κ2) is 18.1. The van der Waals surface area contributed by atoms with E-state index in [1.54, 1.807) is 44.2 Å². The molecule has 5 atom stereocenters. The molecule has 1 rings (SSSR count). The predicted octanol–water partition coefficient (Wildman–Crippen LogP) is -1.12. The van der Waals surface area contributed by atoms with E-state index < -0.39 is 77.9 Å². The molecule has 0 aliphatic heterocycles. The van der Waals surface area contributed by atoms with Crippen LogP contribution in [0.4, 0.5) is 0 Å². The molecule has 11 N–H and O–H groups in total. The molecule has 43 heavy (non-hydrogen) atoms. The molecule has 1 aromatic carbocycles. The number of aliphatic imine (C=N–C) groups is 1. The highest BCUT2D eigenvalue weighted by atomic mass is 16.4. The first kappa shape index (κ1) is 36.5. The lowest BCUT2D eigenvalue weighted by atomic mass is 9.89. The fourth-order valence-corrected chi connectivity index (χ4v) is 4.11. The Labute approximate surface area is 250 Å². The van der Waals surface area contributed by atoms with Gasteiger partial charge in [0.15, 0.2) is 11.7 Å². The molecule has 0 spiro atoms. The molecule has 0 saturated heterocycles. The Morgan fingerprint density at radius 1 is 0.860 bits per heavy atom. The van der Waals surface area contributed by atoms with Crippen molar-refractivity contribution in [3.8, 4) is 0 Å². The minimum atomic E-state index is -1.59. The summed E-state index contributed by atoms with van der Waals surface area (Å²) >= 11 is 0. The molecule has 238 valence electrons. The molecular formula is C28H43N7O8. The van der Waals surface area contributed by atoms with Crippen molar-refractivity contribution in [2.24, 2.45) is 34.0 Å². The summed E-state index contributed by atoms with van der Waals surface area (Å²) in [5.74, 6) is -7.22. The summed E-state index contributed by atoms with van der Waals surface area (Å²) in [6.45, 7) is 4.86. The number of nitrogens with zero attached hydrogens (tertiary/aromatic N) is 1. The van der Waals surface area contributed by atoms with Gasteiger partial charge in [-0.25, -0.2) is 0 Å². The first-order valence-corrected chi connectivity index (χ1v) is 13.9. The van der Waals surface area contributed by atoms with E-state index in [-0.39, 0.29) is 31.8 Å². The van der Waals surface area contributed by atoms with Gasteiger partial charge in [-0.05, 0) is 37.7 Å². The van der Waals surface area contributed by atoms with E-state index in [0.717, 1.165) is 5.56 Å². The van der Waals surface area contributed by atoms with Gasteiger partial charge in [-0.1, -0.05) is 44.2 Å². The van der Waals surface area contributed by atoms with Gasteiger partial charge < -0.3 is 43.4 Å². The average Bonchev–Trinajstić information content (AvgIpc) is 2.92. The van der Waals surface area contributed by atoms with Gasteiger partial charge in [-0.2, -0.15) is 0 Å². The van der Waals surface area contributed by atoms with Gasteiger partial charge in [0.05, 0.1) is 24.4 Å². The zero-order valence-corrected chi connectivity index (χ0v) is 24.6. The molecule has 0 bridgehead atoms. The molecule has 1 aromatic rings. The summed E-state index contributed by atoms with van der Waals surface area (Å²) in [5.41, 5.74) is 17.0. The van der Waals surface area contributed by atoms with Gasteiger partial charge in [0.2, 0.25) is 17.7 Å². The smallest absolute Gasteiger partial charge is 0.307 e. The van der Waals surface area contributed by atoms with Crippen molar-refractivity contribution in [2.75, 3.05) is 6.54 Å². The Morgan fingerprint density at radius 2 is 1.49 bits per heavy atom. The van der Waals surface area contributed by atoms with Crippen LogP contribution in [-0.4, -0.2) is 82.3 Å². The molecule has 0 radical (unpaired) electrons. The number of nitrogens with one attached hydrogen (secondary N) is 3. The normalized spacial score (nSPS) is 14.3. The molecule has 0 fully saturated rings. The van der Waals surface area contributed by atoms with Crippen molar-refractivity contribution in [1.82, 2.24) is 16.0 Å². The van der Waals surface area contributed by atoms with Crippen molar-refractivity contribution >= 4 is 41.4 Å². The van der Waals surface area contributed by atoms with E-state index in [1.165, 1.54) is 6.92 Å². The highest BCUT2D eigenvalue weighted by Gasteiger charge is 2.33. The van der Waals surface area contributed by atoms with Gasteiger partial charge >= 0.3 is 11.9 Å². The lowest BCUT2D eigenvalue weighted by Gasteiger charge is -2.26. The number of rotatable bonds is 19. The molecule has 15 heteroatoms. The maximum Gasteiger partial charge on any atom is 0.307 e. The first-order chi connectivity index (χ1) is 20.1.